The Morgan fingerprint density at radius 2 is 2.07 bits per heavy atom. The summed E-state index contributed by atoms with van der Waals surface area (Å²) in [6.07, 6.45) is 1.61. The lowest BCUT2D eigenvalue weighted by atomic mass is 9.80. The standard InChI is InChI=1S/C11H18N4/c1-8(2)11(12)5-15(6-11)10-4-9(3)13-7-14-10/h4,7-8H,5-6,12H2,1-3H3. The van der Waals surface area contributed by atoms with Gasteiger partial charge in [0.05, 0.1) is 5.54 Å². The van der Waals surface area contributed by atoms with Crippen LogP contribution in [0.2, 0.25) is 0 Å². The molecule has 4 nitrogen and oxygen atoms in total. The van der Waals surface area contributed by atoms with Gasteiger partial charge in [0, 0.05) is 24.8 Å². The van der Waals surface area contributed by atoms with Crippen molar-refractivity contribution in [3.8, 4) is 0 Å². The molecule has 82 valence electrons. The zero-order valence-corrected chi connectivity index (χ0v) is 9.57. The molecule has 4 heteroatoms. The van der Waals surface area contributed by atoms with E-state index in [-0.39, 0.29) is 5.54 Å². The second kappa shape index (κ2) is 3.45. The third-order valence-electron chi connectivity index (χ3n) is 3.23. The van der Waals surface area contributed by atoms with Gasteiger partial charge in [-0.3, -0.25) is 0 Å². The van der Waals surface area contributed by atoms with Crippen molar-refractivity contribution < 1.29 is 0 Å². The minimum atomic E-state index is -0.0428. The van der Waals surface area contributed by atoms with E-state index in [1.54, 1.807) is 6.33 Å². The number of aryl methyl sites for hydroxylation is 1. The zero-order chi connectivity index (χ0) is 11.1. The predicted molar refractivity (Wildman–Crippen MR) is 60.7 cm³/mol. The van der Waals surface area contributed by atoms with E-state index in [0.717, 1.165) is 24.6 Å². The first-order chi connectivity index (χ1) is 7.01. The van der Waals surface area contributed by atoms with Crippen molar-refractivity contribution in [3.63, 3.8) is 0 Å². The second-order valence-corrected chi connectivity index (χ2v) is 4.76. The Morgan fingerprint density at radius 3 is 2.60 bits per heavy atom. The van der Waals surface area contributed by atoms with E-state index in [0.29, 0.717) is 5.92 Å². The molecule has 1 aliphatic heterocycles. The van der Waals surface area contributed by atoms with Crippen LogP contribution in [0.15, 0.2) is 12.4 Å². The van der Waals surface area contributed by atoms with Gasteiger partial charge < -0.3 is 10.6 Å². The van der Waals surface area contributed by atoms with E-state index >= 15 is 0 Å². The van der Waals surface area contributed by atoms with E-state index in [4.69, 9.17) is 5.73 Å². The fraction of sp³-hybridized carbons (Fsp3) is 0.636. The normalized spacial score (nSPS) is 19.1. The smallest absolute Gasteiger partial charge is 0.132 e. The van der Waals surface area contributed by atoms with Crippen molar-refractivity contribution in [2.24, 2.45) is 11.7 Å². The topological polar surface area (TPSA) is 55.0 Å². The average molecular weight is 206 g/mol. The molecule has 0 aliphatic carbocycles. The Hall–Kier alpha value is -1.16. The second-order valence-electron chi connectivity index (χ2n) is 4.76. The van der Waals surface area contributed by atoms with Gasteiger partial charge in [0.15, 0.2) is 0 Å². The highest BCUT2D eigenvalue weighted by Crippen LogP contribution is 2.29. The summed E-state index contributed by atoms with van der Waals surface area (Å²) in [7, 11) is 0. The number of hydrogen-bond donors (Lipinski definition) is 1. The van der Waals surface area contributed by atoms with Crippen molar-refractivity contribution in [1.29, 1.82) is 0 Å². The fourth-order valence-electron chi connectivity index (χ4n) is 1.80. The minimum absolute atomic E-state index is 0.0428. The van der Waals surface area contributed by atoms with Crippen LogP contribution in [-0.2, 0) is 0 Å². The van der Waals surface area contributed by atoms with Crippen LogP contribution in [0.1, 0.15) is 19.5 Å². The van der Waals surface area contributed by atoms with Gasteiger partial charge in [0.2, 0.25) is 0 Å². The van der Waals surface area contributed by atoms with Gasteiger partial charge in [-0.05, 0) is 12.8 Å². The number of anilines is 1. The third-order valence-corrected chi connectivity index (χ3v) is 3.23. The van der Waals surface area contributed by atoms with Crippen LogP contribution in [0.25, 0.3) is 0 Å². The molecule has 0 saturated carbocycles. The van der Waals surface area contributed by atoms with Gasteiger partial charge in [0.25, 0.3) is 0 Å². The van der Waals surface area contributed by atoms with Crippen LogP contribution in [0.3, 0.4) is 0 Å². The Morgan fingerprint density at radius 1 is 1.40 bits per heavy atom. The minimum Gasteiger partial charge on any atom is -0.353 e. The van der Waals surface area contributed by atoms with E-state index in [1.807, 2.05) is 13.0 Å². The number of nitrogens with two attached hydrogens (primary N) is 1. The molecule has 0 amide bonds. The first-order valence-electron chi connectivity index (χ1n) is 5.34. The molecule has 15 heavy (non-hydrogen) atoms. The third kappa shape index (κ3) is 1.81. The molecule has 1 aromatic rings. The maximum absolute atomic E-state index is 6.23. The zero-order valence-electron chi connectivity index (χ0n) is 9.57. The molecule has 0 aromatic carbocycles. The maximum atomic E-state index is 6.23. The molecule has 0 spiro atoms. The molecule has 1 fully saturated rings. The number of aromatic nitrogens is 2. The molecule has 0 radical (unpaired) electrons. The van der Waals surface area contributed by atoms with E-state index in [9.17, 15) is 0 Å². The Kier molecular flexibility index (Phi) is 2.38. The summed E-state index contributed by atoms with van der Waals surface area (Å²) in [5.41, 5.74) is 7.18. The molecule has 2 N–H and O–H groups in total. The highest BCUT2D eigenvalue weighted by atomic mass is 15.3. The number of nitrogens with zero attached hydrogens (tertiary/aromatic N) is 3. The van der Waals surface area contributed by atoms with Crippen LogP contribution in [0, 0.1) is 12.8 Å². The van der Waals surface area contributed by atoms with Crippen molar-refractivity contribution in [2.75, 3.05) is 18.0 Å². The summed E-state index contributed by atoms with van der Waals surface area (Å²) >= 11 is 0. The summed E-state index contributed by atoms with van der Waals surface area (Å²) in [6.45, 7) is 8.09. The molecule has 0 atom stereocenters. The van der Waals surface area contributed by atoms with E-state index in [2.05, 4.69) is 28.7 Å². The average Bonchev–Trinajstić information content (AvgIpc) is 2.12. The predicted octanol–water partition coefficient (Wildman–Crippen LogP) is 0.959. The van der Waals surface area contributed by atoms with Gasteiger partial charge in [-0.1, -0.05) is 13.8 Å². The summed E-state index contributed by atoms with van der Waals surface area (Å²) in [4.78, 5) is 10.5. The first kappa shape index (κ1) is 10.4. The lowest BCUT2D eigenvalue weighted by molar-refractivity contribution is 0.243. The van der Waals surface area contributed by atoms with Crippen LogP contribution in [0.4, 0.5) is 5.82 Å². The molecule has 0 unspecified atom stereocenters. The molecule has 2 rings (SSSR count). The molecule has 0 bridgehead atoms. The van der Waals surface area contributed by atoms with Crippen LogP contribution in [-0.4, -0.2) is 28.6 Å². The molecular weight excluding hydrogens is 188 g/mol. The number of hydrogen-bond acceptors (Lipinski definition) is 4. The lowest BCUT2D eigenvalue weighted by Gasteiger charge is -2.51. The highest BCUT2D eigenvalue weighted by Gasteiger charge is 2.42. The molecule has 1 saturated heterocycles. The summed E-state index contributed by atoms with van der Waals surface area (Å²) < 4.78 is 0. The highest BCUT2D eigenvalue weighted by molar-refractivity contribution is 5.44. The van der Waals surface area contributed by atoms with Crippen LogP contribution < -0.4 is 10.6 Å². The van der Waals surface area contributed by atoms with E-state index < -0.39 is 0 Å². The van der Waals surface area contributed by atoms with Crippen molar-refractivity contribution in [1.82, 2.24) is 9.97 Å². The van der Waals surface area contributed by atoms with Crippen molar-refractivity contribution in [2.45, 2.75) is 26.3 Å². The quantitative estimate of drug-likeness (QED) is 0.783. The van der Waals surface area contributed by atoms with Crippen molar-refractivity contribution >= 4 is 5.82 Å². The monoisotopic (exact) mass is 206 g/mol. The van der Waals surface area contributed by atoms with Crippen molar-refractivity contribution in [3.05, 3.63) is 18.1 Å². The van der Waals surface area contributed by atoms with Crippen LogP contribution in [0.5, 0.6) is 0 Å². The summed E-state index contributed by atoms with van der Waals surface area (Å²) in [5.74, 6) is 1.50. The van der Waals surface area contributed by atoms with Gasteiger partial charge in [-0.2, -0.15) is 0 Å². The largest absolute Gasteiger partial charge is 0.353 e. The summed E-state index contributed by atoms with van der Waals surface area (Å²) in [5, 5.41) is 0. The summed E-state index contributed by atoms with van der Waals surface area (Å²) in [6, 6.07) is 2.00. The Bertz CT molecular complexity index is 355. The van der Waals surface area contributed by atoms with Gasteiger partial charge in [0.1, 0.15) is 12.1 Å². The molecule has 1 aliphatic rings. The lowest BCUT2D eigenvalue weighted by Crippen LogP contribution is -2.70. The maximum Gasteiger partial charge on any atom is 0.132 e. The molecular formula is C11H18N4. The van der Waals surface area contributed by atoms with Gasteiger partial charge in [-0.25, -0.2) is 9.97 Å². The first-order valence-corrected chi connectivity index (χ1v) is 5.34. The molecule has 2 heterocycles. The fourth-order valence-corrected chi connectivity index (χ4v) is 1.80. The van der Waals surface area contributed by atoms with Crippen LogP contribution >= 0.6 is 0 Å². The Balaban J connectivity index is 2.06. The SMILES string of the molecule is Cc1cc(N2CC(N)(C(C)C)C2)ncn1. The molecule has 1 aromatic heterocycles. The van der Waals surface area contributed by atoms with Gasteiger partial charge in [-0.15, -0.1) is 0 Å². The van der Waals surface area contributed by atoms with Gasteiger partial charge >= 0.3 is 0 Å². The van der Waals surface area contributed by atoms with E-state index in [1.165, 1.54) is 0 Å². The Labute approximate surface area is 90.5 Å². The number of rotatable bonds is 2.